The number of fused-ring (bicyclic) bond motifs is 1. The van der Waals surface area contributed by atoms with Gasteiger partial charge in [-0.1, -0.05) is 11.6 Å². The maximum absolute atomic E-state index is 12.4. The number of halogens is 3. The van der Waals surface area contributed by atoms with Gasteiger partial charge in [-0.3, -0.25) is 0 Å². The van der Waals surface area contributed by atoms with Gasteiger partial charge in [0.15, 0.2) is 0 Å². The van der Waals surface area contributed by atoms with Gasteiger partial charge in [0.05, 0.1) is 0 Å². The summed E-state index contributed by atoms with van der Waals surface area (Å²) in [5, 5.41) is 2.53. The second kappa shape index (κ2) is 3.24. The Hall–Kier alpha value is -0.670. The molecule has 4 heteroatoms. The Bertz CT molecular complexity index is 436. The van der Waals surface area contributed by atoms with Crippen molar-refractivity contribution in [2.75, 3.05) is 0 Å². The van der Waals surface area contributed by atoms with Crippen LogP contribution in [0.3, 0.4) is 0 Å². The normalized spacial score (nSPS) is 11.4. The van der Waals surface area contributed by atoms with Crippen LogP contribution in [-0.4, -0.2) is 0 Å². The summed E-state index contributed by atoms with van der Waals surface area (Å²) >= 11 is 7.02. The highest BCUT2D eigenvalue weighted by Gasteiger charge is 2.13. The second-order valence-electron chi connectivity index (χ2n) is 2.63. The molecule has 1 aromatic heterocycles. The van der Waals surface area contributed by atoms with E-state index in [2.05, 4.69) is 0 Å². The molecule has 0 aliphatic carbocycles. The van der Waals surface area contributed by atoms with Crippen molar-refractivity contribution < 1.29 is 8.78 Å². The van der Waals surface area contributed by atoms with Gasteiger partial charge in [-0.2, -0.15) is 0 Å². The molecule has 0 aliphatic heterocycles. The van der Waals surface area contributed by atoms with Crippen LogP contribution in [0, 0.1) is 0 Å². The zero-order chi connectivity index (χ0) is 9.42. The zero-order valence-electron chi connectivity index (χ0n) is 6.43. The SMILES string of the molecule is FC(F)c1csc2ccc(Cl)cc12. The van der Waals surface area contributed by atoms with Crippen LogP contribution in [0.15, 0.2) is 23.6 Å². The summed E-state index contributed by atoms with van der Waals surface area (Å²) in [6.07, 6.45) is -2.42. The van der Waals surface area contributed by atoms with Crippen molar-refractivity contribution in [2.45, 2.75) is 6.43 Å². The predicted molar refractivity (Wildman–Crippen MR) is 51.8 cm³/mol. The molecule has 1 heterocycles. The monoisotopic (exact) mass is 218 g/mol. The molecule has 0 radical (unpaired) electrons. The predicted octanol–water partition coefficient (Wildman–Crippen LogP) is 4.49. The largest absolute Gasteiger partial charge is 0.265 e. The third kappa shape index (κ3) is 1.54. The van der Waals surface area contributed by atoms with Crippen LogP contribution >= 0.6 is 22.9 Å². The van der Waals surface area contributed by atoms with Crippen molar-refractivity contribution in [3.8, 4) is 0 Å². The standard InChI is InChI=1S/C9H5ClF2S/c10-5-1-2-8-6(3-5)7(4-13-8)9(11)12/h1-4,9H. The summed E-state index contributed by atoms with van der Waals surface area (Å²) in [4.78, 5) is 0. The number of rotatable bonds is 1. The number of hydrogen-bond donors (Lipinski definition) is 0. The maximum Gasteiger partial charge on any atom is 0.265 e. The van der Waals surface area contributed by atoms with Gasteiger partial charge in [0.25, 0.3) is 6.43 Å². The molecule has 0 atom stereocenters. The lowest BCUT2D eigenvalue weighted by Gasteiger charge is -1.96. The first-order valence-electron chi connectivity index (χ1n) is 3.63. The molecular weight excluding hydrogens is 214 g/mol. The first kappa shape index (κ1) is 8.91. The Morgan fingerprint density at radius 3 is 2.77 bits per heavy atom. The lowest BCUT2D eigenvalue weighted by atomic mass is 10.2. The Kier molecular flexibility index (Phi) is 2.22. The Morgan fingerprint density at radius 1 is 1.31 bits per heavy atom. The Labute approximate surface area is 82.8 Å². The highest BCUT2D eigenvalue weighted by molar-refractivity contribution is 7.17. The van der Waals surface area contributed by atoms with E-state index in [9.17, 15) is 8.78 Å². The maximum atomic E-state index is 12.4. The van der Waals surface area contributed by atoms with Gasteiger partial charge in [0, 0.05) is 26.1 Å². The molecule has 13 heavy (non-hydrogen) atoms. The molecule has 0 N–H and O–H groups in total. The number of benzene rings is 1. The zero-order valence-corrected chi connectivity index (χ0v) is 8.00. The molecular formula is C9H5ClF2S. The van der Waals surface area contributed by atoms with Crippen LogP contribution in [-0.2, 0) is 0 Å². The minimum absolute atomic E-state index is 0.0718. The lowest BCUT2D eigenvalue weighted by molar-refractivity contribution is 0.153. The van der Waals surface area contributed by atoms with E-state index in [1.807, 2.05) is 0 Å². The topological polar surface area (TPSA) is 0 Å². The van der Waals surface area contributed by atoms with E-state index in [-0.39, 0.29) is 5.56 Å². The molecule has 0 nitrogen and oxygen atoms in total. The fourth-order valence-corrected chi connectivity index (χ4v) is 2.30. The van der Waals surface area contributed by atoms with E-state index in [4.69, 9.17) is 11.6 Å². The van der Waals surface area contributed by atoms with Gasteiger partial charge in [-0.25, -0.2) is 8.78 Å². The van der Waals surface area contributed by atoms with Crippen molar-refractivity contribution in [1.82, 2.24) is 0 Å². The lowest BCUT2D eigenvalue weighted by Crippen LogP contribution is -1.79. The summed E-state index contributed by atoms with van der Waals surface area (Å²) in [5.41, 5.74) is 0.0718. The molecule has 0 saturated heterocycles. The van der Waals surface area contributed by atoms with Crippen LogP contribution in [0.5, 0.6) is 0 Å². The average Bonchev–Trinajstić information content (AvgIpc) is 2.46. The first-order chi connectivity index (χ1) is 6.18. The summed E-state index contributed by atoms with van der Waals surface area (Å²) in [7, 11) is 0. The molecule has 0 saturated carbocycles. The first-order valence-corrected chi connectivity index (χ1v) is 4.89. The van der Waals surface area contributed by atoms with Crippen LogP contribution in [0.25, 0.3) is 10.1 Å². The molecule has 0 unspecified atom stereocenters. The summed E-state index contributed by atoms with van der Waals surface area (Å²) in [5.74, 6) is 0. The molecule has 2 rings (SSSR count). The van der Waals surface area contributed by atoms with Gasteiger partial charge in [0.2, 0.25) is 0 Å². The molecule has 0 bridgehead atoms. The smallest absolute Gasteiger partial charge is 0.205 e. The summed E-state index contributed by atoms with van der Waals surface area (Å²) < 4.78 is 25.7. The Balaban J connectivity index is 2.71. The van der Waals surface area contributed by atoms with Gasteiger partial charge in [0.1, 0.15) is 0 Å². The van der Waals surface area contributed by atoms with Crippen LogP contribution < -0.4 is 0 Å². The van der Waals surface area contributed by atoms with Crippen molar-refractivity contribution >= 4 is 33.0 Å². The molecule has 0 aliphatic rings. The van der Waals surface area contributed by atoms with Crippen LogP contribution in [0.2, 0.25) is 5.02 Å². The van der Waals surface area contributed by atoms with Crippen LogP contribution in [0.1, 0.15) is 12.0 Å². The van der Waals surface area contributed by atoms with E-state index in [0.717, 1.165) is 4.70 Å². The van der Waals surface area contributed by atoms with E-state index in [1.165, 1.54) is 16.7 Å². The van der Waals surface area contributed by atoms with Crippen molar-refractivity contribution in [3.63, 3.8) is 0 Å². The third-order valence-electron chi connectivity index (χ3n) is 1.80. The summed E-state index contributed by atoms with van der Waals surface area (Å²) in [6.45, 7) is 0. The van der Waals surface area contributed by atoms with Gasteiger partial charge >= 0.3 is 0 Å². The molecule has 0 amide bonds. The van der Waals surface area contributed by atoms with Crippen molar-refractivity contribution in [3.05, 3.63) is 34.2 Å². The molecule has 2 aromatic rings. The van der Waals surface area contributed by atoms with Gasteiger partial charge < -0.3 is 0 Å². The second-order valence-corrected chi connectivity index (χ2v) is 3.98. The highest BCUT2D eigenvalue weighted by Crippen LogP contribution is 2.34. The quantitative estimate of drug-likeness (QED) is 0.662. The van der Waals surface area contributed by atoms with Gasteiger partial charge in [-0.15, -0.1) is 11.3 Å². The average molecular weight is 219 g/mol. The number of thiophene rings is 1. The minimum Gasteiger partial charge on any atom is -0.205 e. The minimum atomic E-state index is -2.42. The number of hydrogen-bond acceptors (Lipinski definition) is 1. The van der Waals surface area contributed by atoms with E-state index >= 15 is 0 Å². The van der Waals surface area contributed by atoms with Crippen molar-refractivity contribution in [1.29, 1.82) is 0 Å². The van der Waals surface area contributed by atoms with Crippen molar-refractivity contribution in [2.24, 2.45) is 0 Å². The van der Waals surface area contributed by atoms with E-state index in [0.29, 0.717) is 10.4 Å². The Morgan fingerprint density at radius 2 is 2.08 bits per heavy atom. The number of alkyl halides is 2. The van der Waals surface area contributed by atoms with E-state index in [1.54, 1.807) is 18.2 Å². The molecule has 0 spiro atoms. The molecule has 1 aromatic carbocycles. The van der Waals surface area contributed by atoms with E-state index < -0.39 is 6.43 Å². The fourth-order valence-electron chi connectivity index (χ4n) is 1.19. The molecule has 0 fully saturated rings. The third-order valence-corrected chi connectivity index (χ3v) is 3.02. The fraction of sp³-hybridized carbons (Fsp3) is 0.111. The summed E-state index contributed by atoms with van der Waals surface area (Å²) in [6, 6.07) is 5.04. The molecule has 68 valence electrons. The van der Waals surface area contributed by atoms with Crippen LogP contribution in [0.4, 0.5) is 8.78 Å². The van der Waals surface area contributed by atoms with Gasteiger partial charge in [-0.05, 0) is 18.2 Å². The highest BCUT2D eigenvalue weighted by atomic mass is 35.5.